The summed E-state index contributed by atoms with van der Waals surface area (Å²) in [5, 5.41) is 1.04. The molecule has 25 heavy (non-hydrogen) atoms. The van der Waals surface area contributed by atoms with Crippen LogP contribution in [0.15, 0.2) is 48.2 Å². The maximum Gasteiger partial charge on any atom is 0.418 e. The van der Waals surface area contributed by atoms with Gasteiger partial charge < -0.3 is 4.74 Å². The lowest BCUT2D eigenvalue weighted by Crippen LogP contribution is -2.26. The van der Waals surface area contributed by atoms with E-state index in [2.05, 4.69) is 30.4 Å². The molecule has 132 valence electrons. The van der Waals surface area contributed by atoms with Crippen molar-refractivity contribution in [3.63, 3.8) is 0 Å². The van der Waals surface area contributed by atoms with Crippen LogP contribution in [0.25, 0.3) is 17.0 Å². The molecule has 1 aliphatic rings. The van der Waals surface area contributed by atoms with Crippen LogP contribution in [-0.2, 0) is 4.74 Å². The summed E-state index contributed by atoms with van der Waals surface area (Å²) in [4.78, 5) is 12.4. The molecule has 1 aliphatic carbocycles. The molecule has 0 N–H and O–H groups in total. The Bertz CT molecular complexity index is 818. The molecule has 3 rings (SSSR count). The highest BCUT2D eigenvalue weighted by atomic mass is 16.6. The molecule has 0 atom stereocenters. The normalized spacial score (nSPS) is 15.6. The molecule has 0 fully saturated rings. The lowest BCUT2D eigenvalue weighted by Gasteiger charge is -2.19. The second kappa shape index (κ2) is 7.30. The van der Waals surface area contributed by atoms with Gasteiger partial charge in [-0.3, -0.25) is 4.57 Å². The lowest BCUT2D eigenvalue weighted by molar-refractivity contribution is 0.0544. The molecular formula is C22H27NO2. The van der Waals surface area contributed by atoms with Crippen molar-refractivity contribution >= 4 is 23.1 Å². The van der Waals surface area contributed by atoms with Crippen LogP contribution in [0.5, 0.6) is 0 Å². The van der Waals surface area contributed by atoms with Gasteiger partial charge in [0.1, 0.15) is 5.60 Å². The number of hydrogen-bond donors (Lipinski definition) is 0. The second-order valence-electron chi connectivity index (χ2n) is 7.70. The van der Waals surface area contributed by atoms with Crippen LogP contribution >= 0.6 is 0 Å². The van der Waals surface area contributed by atoms with Gasteiger partial charge in [-0.25, -0.2) is 4.79 Å². The number of ether oxygens (including phenoxy) is 1. The standard InChI is InChI=1S/C22H27NO2/c1-22(2,3)25-21(24)23-15-14-19-13-12-18(16-20(19)23)11-7-10-17-8-5-4-6-9-17/h7-8,11-16H,4-6,9-10H2,1-3H3/b11-7+. The number of hydrogen-bond acceptors (Lipinski definition) is 2. The quantitative estimate of drug-likeness (QED) is 0.613. The number of aromatic nitrogens is 1. The van der Waals surface area contributed by atoms with E-state index in [0.717, 1.165) is 22.9 Å². The number of benzene rings is 1. The van der Waals surface area contributed by atoms with Crippen LogP contribution < -0.4 is 0 Å². The number of allylic oxidation sites excluding steroid dienone is 3. The van der Waals surface area contributed by atoms with Crippen LogP contribution in [-0.4, -0.2) is 16.3 Å². The lowest BCUT2D eigenvalue weighted by atomic mass is 9.97. The van der Waals surface area contributed by atoms with Crippen LogP contribution in [0.1, 0.15) is 58.4 Å². The zero-order chi connectivity index (χ0) is 17.9. The van der Waals surface area contributed by atoms with E-state index >= 15 is 0 Å². The van der Waals surface area contributed by atoms with Gasteiger partial charge >= 0.3 is 6.09 Å². The minimum Gasteiger partial charge on any atom is -0.443 e. The molecule has 0 spiro atoms. The van der Waals surface area contributed by atoms with Crippen molar-refractivity contribution in [3.8, 4) is 0 Å². The molecule has 0 saturated carbocycles. The molecule has 0 unspecified atom stereocenters. The van der Waals surface area contributed by atoms with Gasteiger partial charge in [-0.05, 0) is 70.6 Å². The van der Waals surface area contributed by atoms with E-state index in [1.807, 2.05) is 32.9 Å². The summed E-state index contributed by atoms with van der Waals surface area (Å²) >= 11 is 0. The highest BCUT2D eigenvalue weighted by molar-refractivity contribution is 5.90. The van der Waals surface area contributed by atoms with Gasteiger partial charge in [0.25, 0.3) is 0 Å². The molecule has 0 bridgehead atoms. The van der Waals surface area contributed by atoms with Crippen LogP contribution in [0, 0.1) is 0 Å². The Morgan fingerprint density at radius 2 is 2.08 bits per heavy atom. The molecule has 2 aromatic rings. The van der Waals surface area contributed by atoms with Gasteiger partial charge in [-0.2, -0.15) is 0 Å². The van der Waals surface area contributed by atoms with Gasteiger partial charge in [-0.1, -0.05) is 35.9 Å². The molecule has 1 heterocycles. The molecule has 0 aliphatic heterocycles. The van der Waals surface area contributed by atoms with Crippen molar-refractivity contribution in [3.05, 3.63) is 53.8 Å². The SMILES string of the molecule is CC(C)(C)OC(=O)n1ccc2ccc(/C=C/CC3=CCCCC3)cc21. The molecule has 0 radical (unpaired) electrons. The molecule has 1 aromatic heterocycles. The van der Waals surface area contributed by atoms with E-state index in [4.69, 9.17) is 4.74 Å². The van der Waals surface area contributed by atoms with Crippen molar-refractivity contribution < 1.29 is 9.53 Å². The van der Waals surface area contributed by atoms with Crippen molar-refractivity contribution in [1.29, 1.82) is 0 Å². The fourth-order valence-electron chi connectivity index (χ4n) is 3.16. The fourth-order valence-corrected chi connectivity index (χ4v) is 3.16. The van der Waals surface area contributed by atoms with Crippen LogP contribution in [0.4, 0.5) is 4.79 Å². The first-order valence-corrected chi connectivity index (χ1v) is 9.11. The van der Waals surface area contributed by atoms with Crippen molar-refractivity contribution in [2.75, 3.05) is 0 Å². The van der Waals surface area contributed by atoms with E-state index in [9.17, 15) is 4.79 Å². The number of carbonyl (C=O) groups excluding carboxylic acids is 1. The summed E-state index contributed by atoms with van der Waals surface area (Å²) in [7, 11) is 0. The Labute approximate surface area is 150 Å². The first-order chi connectivity index (χ1) is 11.9. The Hall–Kier alpha value is -2.29. The average molecular weight is 337 g/mol. The first kappa shape index (κ1) is 17.5. The zero-order valence-electron chi connectivity index (χ0n) is 15.4. The molecule has 3 nitrogen and oxygen atoms in total. The first-order valence-electron chi connectivity index (χ1n) is 9.11. The van der Waals surface area contributed by atoms with Crippen molar-refractivity contribution in [2.24, 2.45) is 0 Å². The Morgan fingerprint density at radius 1 is 1.24 bits per heavy atom. The minimum absolute atomic E-state index is 0.337. The summed E-state index contributed by atoms with van der Waals surface area (Å²) < 4.78 is 7.07. The number of fused-ring (bicyclic) bond motifs is 1. The highest BCUT2D eigenvalue weighted by Gasteiger charge is 2.18. The van der Waals surface area contributed by atoms with E-state index < -0.39 is 5.60 Å². The maximum atomic E-state index is 12.4. The number of nitrogens with zero attached hydrogens (tertiary/aromatic N) is 1. The third-order valence-electron chi connectivity index (χ3n) is 4.38. The molecular weight excluding hydrogens is 310 g/mol. The minimum atomic E-state index is -0.501. The van der Waals surface area contributed by atoms with Crippen molar-refractivity contribution in [1.82, 2.24) is 4.57 Å². The van der Waals surface area contributed by atoms with Gasteiger partial charge in [0, 0.05) is 11.6 Å². The molecule has 0 saturated heterocycles. The average Bonchev–Trinajstić information content (AvgIpc) is 2.97. The van der Waals surface area contributed by atoms with Gasteiger partial charge in [0.05, 0.1) is 5.52 Å². The number of carbonyl (C=O) groups is 1. The Balaban J connectivity index is 1.78. The van der Waals surface area contributed by atoms with Gasteiger partial charge in [0.2, 0.25) is 0 Å². The predicted octanol–water partition coefficient (Wildman–Crippen LogP) is 6.33. The molecule has 3 heteroatoms. The van der Waals surface area contributed by atoms with Crippen molar-refractivity contribution in [2.45, 2.75) is 58.5 Å². The van der Waals surface area contributed by atoms with Crippen LogP contribution in [0.3, 0.4) is 0 Å². The van der Waals surface area contributed by atoms with Gasteiger partial charge in [0.15, 0.2) is 0 Å². The summed E-state index contributed by atoms with van der Waals surface area (Å²) in [6, 6.07) is 8.13. The van der Waals surface area contributed by atoms with E-state index in [1.54, 1.807) is 16.3 Å². The topological polar surface area (TPSA) is 31.2 Å². The summed E-state index contributed by atoms with van der Waals surface area (Å²) in [5.74, 6) is 0. The summed E-state index contributed by atoms with van der Waals surface area (Å²) in [5.41, 5.74) is 3.03. The maximum absolute atomic E-state index is 12.4. The van der Waals surface area contributed by atoms with E-state index in [0.29, 0.717) is 0 Å². The third kappa shape index (κ3) is 4.62. The summed E-state index contributed by atoms with van der Waals surface area (Å²) in [6.45, 7) is 5.64. The largest absolute Gasteiger partial charge is 0.443 e. The van der Waals surface area contributed by atoms with Crippen LogP contribution in [0.2, 0.25) is 0 Å². The summed E-state index contributed by atoms with van der Waals surface area (Å²) in [6.07, 6.45) is 14.3. The highest BCUT2D eigenvalue weighted by Crippen LogP contribution is 2.23. The Morgan fingerprint density at radius 3 is 2.80 bits per heavy atom. The third-order valence-corrected chi connectivity index (χ3v) is 4.38. The van der Waals surface area contributed by atoms with Gasteiger partial charge in [-0.15, -0.1) is 0 Å². The zero-order valence-corrected chi connectivity index (χ0v) is 15.4. The second-order valence-corrected chi connectivity index (χ2v) is 7.70. The Kier molecular flexibility index (Phi) is 5.12. The monoisotopic (exact) mass is 337 g/mol. The smallest absolute Gasteiger partial charge is 0.418 e. The fraction of sp³-hybridized carbons (Fsp3) is 0.409. The van der Waals surface area contributed by atoms with E-state index in [1.165, 1.54) is 25.7 Å². The number of rotatable bonds is 3. The molecule has 0 amide bonds. The predicted molar refractivity (Wildman–Crippen MR) is 104 cm³/mol. The molecule has 1 aromatic carbocycles. The van der Waals surface area contributed by atoms with E-state index in [-0.39, 0.29) is 6.09 Å².